The van der Waals surface area contributed by atoms with Gasteiger partial charge in [-0.3, -0.25) is 38.4 Å². The van der Waals surface area contributed by atoms with Crippen LogP contribution in [0.2, 0.25) is 0 Å². The zero-order valence-electron chi connectivity index (χ0n) is 32.4. The lowest BCUT2D eigenvalue weighted by atomic mass is 9.93. The Balaban J connectivity index is 1.02. The van der Waals surface area contributed by atoms with Gasteiger partial charge < -0.3 is 25.1 Å². The van der Waals surface area contributed by atoms with E-state index in [1.54, 1.807) is 35.2 Å². The molecule has 0 unspecified atom stereocenters. The highest BCUT2D eigenvalue weighted by atomic mass is 16.7. The Bertz CT molecular complexity index is 2140. The number of imide groups is 1. The summed E-state index contributed by atoms with van der Waals surface area (Å²) >= 11 is 0. The number of hydrogen-bond acceptors (Lipinski definition) is 11. The lowest BCUT2D eigenvalue weighted by Crippen LogP contribution is -2.38. The second-order valence-electron chi connectivity index (χ2n) is 14.0. The first-order chi connectivity index (χ1) is 28.5. The van der Waals surface area contributed by atoms with Crippen LogP contribution in [-0.2, 0) is 65.7 Å². The second kappa shape index (κ2) is 21.7. The number of para-hydroxylation sites is 1. The predicted molar refractivity (Wildman–Crippen MR) is 210 cm³/mol. The average molecular weight is 805 g/mol. The molecule has 0 aliphatic carbocycles. The summed E-state index contributed by atoms with van der Waals surface area (Å²) in [5.41, 5.74) is 3.85. The second-order valence-corrected chi connectivity index (χ2v) is 14.0. The third-order valence-electron chi connectivity index (χ3n) is 9.48. The van der Waals surface area contributed by atoms with Gasteiger partial charge in [0.15, 0.2) is 11.6 Å². The van der Waals surface area contributed by atoms with Crippen molar-refractivity contribution in [1.29, 1.82) is 0 Å². The van der Waals surface area contributed by atoms with Crippen LogP contribution in [0.3, 0.4) is 0 Å². The molecule has 0 spiro atoms. The molecule has 0 saturated carbocycles. The first kappa shape index (κ1) is 43.3. The predicted octanol–water partition coefficient (Wildman–Crippen LogP) is 2.70. The maximum atomic E-state index is 13.4. The van der Waals surface area contributed by atoms with Crippen LogP contribution < -0.4 is 15.5 Å². The summed E-state index contributed by atoms with van der Waals surface area (Å²) in [6, 6.07) is 23.9. The first-order valence-corrected chi connectivity index (χ1v) is 19.2. The van der Waals surface area contributed by atoms with Crippen LogP contribution in [-0.4, -0.2) is 84.2 Å². The largest absolute Gasteiger partial charge is 0.369 e. The fourth-order valence-electron chi connectivity index (χ4n) is 6.30. The number of carbonyl (C=O) groups excluding carboxylic acids is 9. The van der Waals surface area contributed by atoms with E-state index in [0.717, 1.165) is 16.7 Å². The van der Waals surface area contributed by atoms with Gasteiger partial charge in [0.2, 0.25) is 17.7 Å². The number of hydroxylamine groups is 2. The number of ketones is 3. The smallest absolute Gasteiger partial charge is 0.358 e. The van der Waals surface area contributed by atoms with E-state index in [4.69, 9.17) is 4.74 Å². The summed E-state index contributed by atoms with van der Waals surface area (Å²) in [5, 5.41) is 5.44. The highest BCUT2D eigenvalue weighted by Gasteiger charge is 2.33. The van der Waals surface area contributed by atoms with Crippen molar-refractivity contribution in [3.05, 3.63) is 101 Å². The number of nitrogens with zero attached hydrogens (tertiary/aromatic N) is 2. The van der Waals surface area contributed by atoms with Crippen molar-refractivity contribution in [2.24, 2.45) is 5.92 Å². The number of nitrogens with one attached hydrogen (secondary N) is 2. The van der Waals surface area contributed by atoms with Gasteiger partial charge in [0, 0.05) is 68.4 Å². The van der Waals surface area contributed by atoms with Crippen LogP contribution in [0.1, 0.15) is 73.6 Å². The van der Waals surface area contributed by atoms with Crippen molar-refractivity contribution >= 4 is 58.5 Å². The molecule has 5 amide bonds. The van der Waals surface area contributed by atoms with Gasteiger partial charge in [0.1, 0.15) is 12.4 Å². The lowest BCUT2D eigenvalue weighted by Gasteiger charge is -2.26. The molecule has 2 N–H and O–H groups in total. The molecule has 5 rings (SSSR count). The molecule has 1 atom stereocenters. The van der Waals surface area contributed by atoms with Gasteiger partial charge in [-0.15, -0.1) is 5.06 Å². The molecular formula is C44H44N4O11. The summed E-state index contributed by atoms with van der Waals surface area (Å²) in [7, 11) is 0. The fraction of sp³-hybridized carbons (Fsp3) is 0.341. The number of amides is 5. The van der Waals surface area contributed by atoms with Crippen LogP contribution in [0.25, 0.3) is 0 Å². The Hall–Kier alpha value is -6.79. The summed E-state index contributed by atoms with van der Waals surface area (Å²) in [6.45, 7) is -1.24. The Morgan fingerprint density at radius 2 is 1.32 bits per heavy atom. The first-order valence-electron chi connectivity index (χ1n) is 19.2. The molecular weight excluding hydrogens is 761 g/mol. The van der Waals surface area contributed by atoms with Crippen molar-refractivity contribution in [2.75, 3.05) is 31.2 Å². The van der Waals surface area contributed by atoms with E-state index in [-0.39, 0.29) is 89.2 Å². The number of ether oxygens (including phenoxy) is 1. The van der Waals surface area contributed by atoms with Gasteiger partial charge >= 0.3 is 5.97 Å². The average Bonchev–Trinajstić information content (AvgIpc) is 3.55. The molecule has 2 heterocycles. The van der Waals surface area contributed by atoms with Crippen LogP contribution in [0.5, 0.6) is 0 Å². The van der Waals surface area contributed by atoms with Gasteiger partial charge in [-0.25, -0.2) is 4.79 Å². The molecule has 0 bridgehead atoms. The Labute approximate surface area is 340 Å². The summed E-state index contributed by atoms with van der Waals surface area (Å²) in [4.78, 5) is 119. The summed E-state index contributed by atoms with van der Waals surface area (Å²) < 4.78 is 5.11. The fourth-order valence-corrected chi connectivity index (χ4v) is 6.30. The Kier molecular flexibility index (Phi) is 15.9. The maximum Gasteiger partial charge on any atom is 0.358 e. The van der Waals surface area contributed by atoms with Crippen molar-refractivity contribution in [3.8, 4) is 11.8 Å². The number of fused-ring (bicyclic) bond motifs is 2. The number of benzene rings is 3. The topological polar surface area (TPSA) is 203 Å². The van der Waals surface area contributed by atoms with Crippen LogP contribution >= 0.6 is 0 Å². The zero-order valence-corrected chi connectivity index (χ0v) is 32.4. The quantitative estimate of drug-likeness (QED) is 0.0911. The van der Waals surface area contributed by atoms with Gasteiger partial charge in [-0.1, -0.05) is 72.5 Å². The third-order valence-corrected chi connectivity index (χ3v) is 9.48. The van der Waals surface area contributed by atoms with Gasteiger partial charge in [0.25, 0.3) is 11.8 Å². The summed E-state index contributed by atoms with van der Waals surface area (Å²) in [6.07, 6.45) is -0.758. The molecule has 2 aliphatic rings. The third kappa shape index (κ3) is 13.4. The van der Waals surface area contributed by atoms with Gasteiger partial charge in [-0.05, 0) is 35.7 Å². The van der Waals surface area contributed by atoms with E-state index in [2.05, 4.69) is 27.3 Å². The molecule has 2 aliphatic heterocycles. The minimum Gasteiger partial charge on any atom is -0.369 e. The molecule has 15 nitrogen and oxygen atoms in total. The van der Waals surface area contributed by atoms with Crippen LogP contribution in [0.4, 0.5) is 5.69 Å². The molecule has 59 heavy (non-hydrogen) atoms. The standard InChI is InChI=1S/C44H44N4O11/c49-35(17-19-40(53)47-28-33-12-5-4-10-31(33)14-15-32-11-6-7-13-38(32)47)16-18-39(52)45-27-37(51)25-34(24-30-8-2-1-3-9-30)44(57)46-26-36(50)22-23-58-29-43(56)59-48-41(54)20-21-42(48)55/h1-13,34H,16-29H2,(H,45,52)(H,46,57)/t34-/m1/s1. The lowest BCUT2D eigenvalue weighted by molar-refractivity contribution is -0.200. The number of Topliss-reactive ketones (excluding diaryl/α,β-unsaturated/α-hetero) is 3. The summed E-state index contributed by atoms with van der Waals surface area (Å²) in [5.74, 6) is 0.725. The van der Waals surface area contributed by atoms with Crippen LogP contribution in [0.15, 0.2) is 78.9 Å². The number of hydrogen-bond donors (Lipinski definition) is 2. The molecule has 15 heteroatoms. The van der Waals surface area contributed by atoms with E-state index in [1.807, 2.05) is 48.5 Å². The Morgan fingerprint density at radius 3 is 2.08 bits per heavy atom. The van der Waals surface area contributed by atoms with E-state index in [0.29, 0.717) is 22.9 Å². The highest BCUT2D eigenvalue weighted by molar-refractivity contribution is 6.01. The molecule has 3 aromatic rings. The molecule has 3 aromatic carbocycles. The Morgan fingerprint density at radius 1 is 0.678 bits per heavy atom. The zero-order chi connectivity index (χ0) is 42.1. The maximum absolute atomic E-state index is 13.4. The van der Waals surface area contributed by atoms with Gasteiger partial charge in [-0.2, -0.15) is 0 Å². The SMILES string of the molecule is O=C(CCC(=O)NCC(=O)C[C@@H](Cc1ccccc1)C(=O)NCC(=O)CCOCC(=O)ON1C(=O)CCC1=O)CCC(=O)N1Cc2ccccc2C#Cc2ccccc21. The van der Waals surface area contributed by atoms with Gasteiger partial charge in [0.05, 0.1) is 31.9 Å². The van der Waals surface area contributed by atoms with E-state index < -0.39 is 53.7 Å². The normalized spacial score (nSPS) is 13.4. The monoisotopic (exact) mass is 804 g/mol. The van der Waals surface area contributed by atoms with Crippen molar-refractivity contribution in [1.82, 2.24) is 15.7 Å². The highest BCUT2D eigenvalue weighted by Crippen LogP contribution is 2.26. The molecule has 1 fully saturated rings. The van der Waals surface area contributed by atoms with Crippen molar-refractivity contribution < 1.29 is 52.7 Å². The minimum atomic E-state index is -0.981. The van der Waals surface area contributed by atoms with Crippen LogP contribution in [0, 0.1) is 17.8 Å². The molecule has 0 radical (unpaired) electrons. The van der Waals surface area contributed by atoms with Crippen molar-refractivity contribution in [3.63, 3.8) is 0 Å². The molecule has 0 aromatic heterocycles. The number of anilines is 1. The molecule has 1 saturated heterocycles. The molecule has 306 valence electrons. The minimum absolute atomic E-state index is 0.0513. The number of rotatable bonds is 21. The van der Waals surface area contributed by atoms with Crippen molar-refractivity contribution in [2.45, 2.75) is 64.3 Å². The number of carbonyl (C=O) groups is 9. The van der Waals surface area contributed by atoms with E-state index in [9.17, 15) is 43.2 Å². The van der Waals surface area contributed by atoms with E-state index in [1.165, 1.54) is 0 Å². The van der Waals surface area contributed by atoms with E-state index >= 15 is 0 Å².